The number of aryl methyl sites for hydroxylation is 1. The van der Waals surface area contributed by atoms with Gasteiger partial charge in [-0.25, -0.2) is 4.98 Å². The van der Waals surface area contributed by atoms with Gasteiger partial charge < -0.3 is 14.5 Å². The Morgan fingerprint density at radius 2 is 2.12 bits per heavy atom. The zero-order chi connectivity index (χ0) is 18.5. The predicted octanol–water partition coefficient (Wildman–Crippen LogP) is 4.53. The van der Waals surface area contributed by atoms with Crippen LogP contribution in [0.4, 0.5) is 0 Å². The minimum atomic E-state index is -0.173. The third-order valence-corrected chi connectivity index (χ3v) is 4.80. The lowest BCUT2D eigenvalue weighted by Crippen LogP contribution is -2.27. The van der Waals surface area contributed by atoms with Gasteiger partial charge in [0.25, 0.3) is 0 Å². The molecule has 0 aliphatic rings. The van der Waals surface area contributed by atoms with Crippen LogP contribution in [0, 0.1) is 6.92 Å². The lowest BCUT2D eigenvalue weighted by Gasteiger charge is -2.10. The van der Waals surface area contributed by atoms with Gasteiger partial charge in [0.2, 0.25) is 5.91 Å². The Labute approximate surface area is 157 Å². The second-order valence-corrected chi connectivity index (χ2v) is 6.85. The van der Waals surface area contributed by atoms with E-state index in [4.69, 9.17) is 9.15 Å². The summed E-state index contributed by atoms with van der Waals surface area (Å²) in [6.07, 6.45) is 0.233. The maximum Gasteiger partial charge on any atom is 0.226 e. The number of carbonyl (C=O) groups excluding carboxylic acids is 1. The van der Waals surface area contributed by atoms with Crippen LogP contribution < -0.4 is 10.1 Å². The van der Waals surface area contributed by atoms with E-state index in [-0.39, 0.29) is 18.4 Å². The van der Waals surface area contributed by atoms with Crippen LogP contribution in [0.25, 0.3) is 10.6 Å². The summed E-state index contributed by atoms with van der Waals surface area (Å²) in [5.74, 6) is 2.31. The maximum absolute atomic E-state index is 12.3. The van der Waals surface area contributed by atoms with Crippen LogP contribution in [0.2, 0.25) is 0 Å². The zero-order valence-electron chi connectivity index (χ0n) is 15.1. The number of hydrogen-bond donors (Lipinski definition) is 1. The van der Waals surface area contributed by atoms with E-state index in [1.165, 1.54) is 11.3 Å². The van der Waals surface area contributed by atoms with Crippen molar-refractivity contribution in [3.8, 4) is 16.3 Å². The number of aromatic nitrogens is 1. The third-order valence-electron chi connectivity index (χ3n) is 3.88. The number of carbonyl (C=O) groups is 1. The van der Waals surface area contributed by atoms with E-state index in [0.717, 1.165) is 33.5 Å². The van der Waals surface area contributed by atoms with E-state index in [1.54, 1.807) is 0 Å². The number of nitrogens with one attached hydrogen (secondary N) is 1. The molecule has 0 aliphatic heterocycles. The second kappa shape index (κ2) is 8.19. The molecule has 3 rings (SSSR count). The SMILES string of the molecule is CCOc1ccccc1-c1nc(CC(=O)NC(C)c2ccc(C)o2)cs1. The van der Waals surface area contributed by atoms with Crippen molar-refractivity contribution in [2.75, 3.05) is 6.61 Å². The molecule has 1 N–H and O–H groups in total. The number of benzene rings is 1. The number of furan rings is 1. The molecule has 5 nitrogen and oxygen atoms in total. The molecule has 2 heterocycles. The van der Waals surface area contributed by atoms with Crippen molar-refractivity contribution in [3.05, 3.63) is 59.0 Å². The van der Waals surface area contributed by atoms with Gasteiger partial charge in [0.1, 0.15) is 22.3 Å². The van der Waals surface area contributed by atoms with Crippen LogP contribution in [0.3, 0.4) is 0 Å². The maximum atomic E-state index is 12.3. The summed E-state index contributed by atoms with van der Waals surface area (Å²) in [6.45, 7) is 6.34. The van der Waals surface area contributed by atoms with Gasteiger partial charge in [-0.05, 0) is 45.0 Å². The first kappa shape index (κ1) is 18.2. The molecule has 0 saturated carbocycles. The summed E-state index contributed by atoms with van der Waals surface area (Å²) in [6, 6.07) is 11.4. The summed E-state index contributed by atoms with van der Waals surface area (Å²) in [7, 11) is 0. The minimum Gasteiger partial charge on any atom is -0.493 e. The van der Waals surface area contributed by atoms with Crippen molar-refractivity contribution >= 4 is 17.2 Å². The number of thiazole rings is 1. The van der Waals surface area contributed by atoms with Crippen LogP contribution in [-0.2, 0) is 11.2 Å². The van der Waals surface area contributed by atoms with Crippen molar-refractivity contribution in [1.29, 1.82) is 0 Å². The first-order valence-electron chi connectivity index (χ1n) is 8.59. The molecule has 0 spiro atoms. The molecule has 0 aliphatic carbocycles. The molecule has 0 radical (unpaired) electrons. The summed E-state index contributed by atoms with van der Waals surface area (Å²) in [5, 5.41) is 5.72. The molecular formula is C20H22N2O3S. The molecule has 1 aromatic carbocycles. The van der Waals surface area contributed by atoms with Gasteiger partial charge in [0.05, 0.1) is 30.3 Å². The zero-order valence-corrected chi connectivity index (χ0v) is 15.9. The Balaban J connectivity index is 1.66. The molecule has 1 amide bonds. The van der Waals surface area contributed by atoms with Crippen LogP contribution in [0.1, 0.15) is 37.1 Å². The van der Waals surface area contributed by atoms with Crippen LogP contribution in [0.15, 0.2) is 46.2 Å². The Hall–Kier alpha value is -2.60. The molecule has 136 valence electrons. The molecule has 0 bridgehead atoms. The Kier molecular flexibility index (Phi) is 5.73. The van der Waals surface area contributed by atoms with Gasteiger partial charge in [-0.3, -0.25) is 4.79 Å². The molecule has 2 aromatic heterocycles. The fourth-order valence-corrected chi connectivity index (χ4v) is 3.50. The van der Waals surface area contributed by atoms with Crippen molar-refractivity contribution in [1.82, 2.24) is 10.3 Å². The van der Waals surface area contributed by atoms with Crippen LogP contribution >= 0.6 is 11.3 Å². The van der Waals surface area contributed by atoms with Crippen LogP contribution in [-0.4, -0.2) is 17.5 Å². The van der Waals surface area contributed by atoms with Gasteiger partial charge in [-0.1, -0.05) is 12.1 Å². The summed E-state index contributed by atoms with van der Waals surface area (Å²) in [5.41, 5.74) is 1.70. The highest BCUT2D eigenvalue weighted by Crippen LogP contribution is 2.32. The molecule has 0 saturated heterocycles. The van der Waals surface area contributed by atoms with Crippen molar-refractivity contribution in [3.63, 3.8) is 0 Å². The monoisotopic (exact) mass is 370 g/mol. The largest absolute Gasteiger partial charge is 0.493 e. The van der Waals surface area contributed by atoms with E-state index in [1.807, 2.05) is 62.5 Å². The van der Waals surface area contributed by atoms with Gasteiger partial charge in [-0.15, -0.1) is 11.3 Å². The van der Waals surface area contributed by atoms with Gasteiger partial charge >= 0.3 is 0 Å². The molecule has 0 fully saturated rings. The van der Waals surface area contributed by atoms with E-state index < -0.39 is 0 Å². The van der Waals surface area contributed by atoms with E-state index in [0.29, 0.717) is 6.61 Å². The number of rotatable bonds is 7. The number of para-hydroxylation sites is 1. The third kappa shape index (κ3) is 4.32. The summed E-state index contributed by atoms with van der Waals surface area (Å²) < 4.78 is 11.2. The summed E-state index contributed by atoms with van der Waals surface area (Å²) in [4.78, 5) is 16.9. The van der Waals surface area contributed by atoms with Crippen LogP contribution in [0.5, 0.6) is 5.75 Å². The molecule has 6 heteroatoms. The second-order valence-electron chi connectivity index (χ2n) is 5.99. The normalized spacial score (nSPS) is 12.0. The predicted molar refractivity (Wildman–Crippen MR) is 102 cm³/mol. The highest BCUT2D eigenvalue weighted by atomic mass is 32.1. The fourth-order valence-electron chi connectivity index (χ4n) is 2.65. The number of ether oxygens (including phenoxy) is 1. The van der Waals surface area contributed by atoms with Crippen molar-refractivity contribution in [2.45, 2.75) is 33.2 Å². The molecule has 1 atom stereocenters. The minimum absolute atomic E-state index is 0.0819. The van der Waals surface area contributed by atoms with Crippen molar-refractivity contribution < 1.29 is 13.9 Å². The van der Waals surface area contributed by atoms with E-state index >= 15 is 0 Å². The topological polar surface area (TPSA) is 64.4 Å². The van der Waals surface area contributed by atoms with Gasteiger partial charge in [-0.2, -0.15) is 0 Å². The number of amides is 1. The molecule has 26 heavy (non-hydrogen) atoms. The Morgan fingerprint density at radius 1 is 1.31 bits per heavy atom. The first-order chi connectivity index (χ1) is 12.6. The highest BCUT2D eigenvalue weighted by Gasteiger charge is 2.15. The Morgan fingerprint density at radius 3 is 2.85 bits per heavy atom. The lowest BCUT2D eigenvalue weighted by molar-refractivity contribution is -0.121. The van der Waals surface area contributed by atoms with E-state index in [2.05, 4.69) is 10.3 Å². The quantitative estimate of drug-likeness (QED) is 0.664. The standard InChI is InChI=1S/C20H22N2O3S/c1-4-24-18-8-6-5-7-16(18)20-22-15(12-26-20)11-19(23)21-14(3)17-10-9-13(2)25-17/h5-10,12,14H,4,11H2,1-3H3,(H,21,23). The summed E-state index contributed by atoms with van der Waals surface area (Å²) >= 11 is 1.51. The molecule has 1 unspecified atom stereocenters. The Bertz CT molecular complexity index is 885. The van der Waals surface area contributed by atoms with Gasteiger partial charge in [0, 0.05) is 5.38 Å². The average Bonchev–Trinajstić information content (AvgIpc) is 3.25. The fraction of sp³-hybridized carbons (Fsp3) is 0.300. The highest BCUT2D eigenvalue weighted by molar-refractivity contribution is 7.13. The van der Waals surface area contributed by atoms with Crippen molar-refractivity contribution in [2.24, 2.45) is 0 Å². The van der Waals surface area contributed by atoms with Gasteiger partial charge in [0.15, 0.2) is 0 Å². The molecular weight excluding hydrogens is 348 g/mol. The smallest absolute Gasteiger partial charge is 0.226 e. The molecule has 3 aromatic rings. The number of nitrogens with zero attached hydrogens (tertiary/aromatic N) is 1. The first-order valence-corrected chi connectivity index (χ1v) is 9.47. The average molecular weight is 370 g/mol. The number of hydrogen-bond acceptors (Lipinski definition) is 5. The lowest BCUT2D eigenvalue weighted by atomic mass is 10.2. The van der Waals surface area contributed by atoms with E-state index in [9.17, 15) is 4.79 Å².